The normalized spacial score (nSPS) is 10.2. The van der Waals surface area contributed by atoms with E-state index in [0.29, 0.717) is 12.3 Å². The molecule has 0 spiro atoms. The number of aryl methyl sites for hydroxylation is 2. The van der Waals surface area contributed by atoms with Crippen LogP contribution in [0.2, 0.25) is 0 Å². The summed E-state index contributed by atoms with van der Waals surface area (Å²) in [7, 11) is 0. The molecule has 0 bridgehead atoms. The number of benzene rings is 2. The Labute approximate surface area is 148 Å². The van der Waals surface area contributed by atoms with Crippen LogP contribution in [-0.4, -0.2) is 25.0 Å². The number of rotatable bonds is 6. The van der Waals surface area contributed by atoms with Crippen molar-refractivity contribution in [2.75, 3.05) is 23.4 Å². The molecule has 0 radical (unpaired) electrons. The highest BCUT2D eigenvalue weighted by molar-refractivity contribution is 6.01. The molecule has 0 fully saturated rings. The first kappa shape index (κ1) is 18.5. The van der Waals surface area contributed by atoms with Gasteiger partial charge in [-0.05, 0) is 68.3 Å². The number of nitrogens with one attached hydrogen (secondary N) is 1. The SMILES string of the molecule is CCOc1ccc(N(CC(=O)Nc2cc(C)cc(C)c2)C(C)=O)cc1. The summed E-state index contributed by atoms with van der Waals surface area (Å²) in [5, 5.41) is 2.85. The Kier molecular flexibility index (Phi) is 6.17. The molecule has 132 valence electrons. The molecule has 0 aromatic heterocycles. The maximum Gasteiger partial charge on any atom is 0.244 e. The molecule has 5 nitrogen and oxygen atoms in total. The quantitative estimate of drug-likeness (QED) is 0.872. The minimum atomic E-state index is -0.242. The standard InChI is InChI=1S/C20H24N2O3/c1-5-25-19-8-6-18(7-9-19)22(16(4)23)13-20(24)21-17-11-14(2)10-15(3)12-17/h6-12H,5,13H2,1-4H3,(H,21,24). The highest BCUT2D eigenvalue weighted by Crippen LogP contribution is 2.20. The van der Waals surface area contributed by atoms with Crippen molar-refractivity contribution in [2.45, 2.75) is 27.7 Å². The van der Waals surface area contributed by atoms with E-state index >= 15 is 0 Å². The summed E-state index contributed by atoms with van der Waals surface area (Å²) in [5.74, 6) is 0.295. The van der Waals surface area contributed by atoms with Gasteiger partial charge in [0.2, 0.25) is 11.8 Å². The van der Waals surface area contributed by atoms with E-state index in [-0.39, 0.29) is 18.4 Å². The summed E-state index contributed by atoms with van der Waals surface area (Å²) in [6, 6.07) is 13.0. The molecule has 2 aromatic rings. The van der Waals surface area contributed by atoms with Crippen molar-refractivity contribution in [3.8, 4) is 5.75 Å². The summed E-state index contributed by atoms with van der Waals surface area (Å²) in [6.45, 7) is 7.84. The molecule has 25 heavy (non-hydrogen) atoms. The van der Waals surface area contributed by atoms with Gasteiger partial charge in [-0.1, -0.05) is 6.07 Å². The van der Waals surface area contributed by atoms with Crippen LogP contribution in [-0.2, 0) is 9.59 Å². The number of ether oxygens (including phenoxy) is 1. The summed E-state index contributed by atoms with van der Waals surface area (Å²) < 4.78 is 5.40. The Morgan fingerprint density at radius 2 is 1.64 bits per heavy atom. The van der Waals surface area contributed by atoms with E-state index < -0.39 is 0 Å². The van der Waals surface area contributed by atoms with Crippen molar-refractivity contribution < 1.29 is 14.3 Å². The van der Waals surface area contributed by atoms with Crippen molar-refractivity contribution in [1.29, 1.82) is 0 Å². The van der Waals surface area contributed by atoms with Crippen molar-refractivity contribution in [1.82, 2.24) is 0 Å². The van der Waals surface area contributed by atoms with Gasteiger partial charge in [0.1, 0.15) is 12.3 Å². The average Bonchev–Trinajstić information content (AvgIpc) is 2.52. The molecule has 0 atom stereocenters. The lowest BCUT2D eigenvalue weighted by Gasteiger charge is -2.21. The van der Waals surface area contributed by atoms with Gasteiger partial charge in [0.05, 0.1) is 6.61 Å². The zero-order valence-corrected chi connectivity index (χ0v) is 15.1. The zero-order valence-electron chi connectivity index (χ0n) is 15.1. The van der Waals surface area contributed by atoms with Crippen LogP contribution < -0.4 is 15.0 Å². The number of amides is 2. The summed E-state index contributed by atoms with van der Waals surface area (Å²) in [5.41, 5.74) is 3.54. The van der Waals surface area contributed by atoms with E-state index in [1.807, 2.05) is 39.0 Å². The predicted molar refractivity (Wildman–Crippen MR) is 100 cm³/mol. The minimum Gasteiger partial charge on any atom is -0.494 e. The van der Waals surface area contributed by atoms with E-state index in [1.54, 1.807) is 24.3 Å². The van der Waals surface area contributed by atoms with E-state index in [1.165, 1.54) is 11.8 Å². The lowest BCUT2D eigenvalue weighted by atomic mass is 10.1. The van der Waals surface area contributed by atoms with Gasteiger partial charge in [-0.2, -0.15) is 0 Å². The van der Waals surface area contributed by atoms with Gasteiger partial charge in [0, 0.05) is 18.3 Å². The molecule has 2 aromatic carbocycles. The summed E-state index contributed by atoms with van der Waals surface area (Å²) >= 11 is 0. The van der Waals surface area contributed by atoms with Gasteiger partial charge >= 0.3 is 0 Å². The van der Waals surface area contributed by atoms with Gasteiger partial charge in [-0.15, -0.1) is 0 Å². The average molecular weight is 340 g/mol. The Balaban J connectivity index is 2.10. The highest BCUT2D eigenvalue weighted by Gasteiger charge is 2.16. The molecule has 2 rings (SSSR count). The fourth-order valence-corrected chi connectivity index (χ4v) is 2.66. The predicted octanol–water partition coefficient (Wildman–Crippen LogP) is 3.69. The van der Waals surface area contributed by atoms with E-state index in [2.05, 4.69) is 5.32 Å². The first-order valence-corrected chi connectivity index (χ1v) is 8.28. The molecule has 1 N–H and O–H groups in total. The van der Waals surface area contributed by atoms with Crippen LogP contribution in [0.4, 0.5) is 11.4 Å². The molecule has 0 aliphatic rings. The molecule has 0 heterocycles. The molecule has 5 heteroatoms. The van der Waals surface area contributed by atoms with Crippen LogP contribution in [0.15, 0.2) is 42.5 Å². The van der Waals surface area contributed by atoms with Crippen molar-refractivity contribution in [3.05, 3.63) is 53.6 Å². The summed E-state index contributed by atoms with van der Waals surface area (Å²) in [4.78, 5) is 25.8. The largest absolute Gasteiger partial charge is 0.494 e. The second kappa shape index (κ2) is 8.33. The number of nitrogens with zero attached hydrogens (tertiary/aromatic N) is 1. The minimum absolute atomic E-state index is 0.0453. The maximum atomic E-state index is 12.4. The highest BCUT2D eigenvalue weighted by atomic mass is 16.5. The Hall–Kier alpha value is -2.82. The second-order valence-corrected chi connectivity index (χ2v) is 5.96. The van der Waals surface area contributed by atoms with Crippen LogP contribution in [0.1, 0.15) is 25.0 Å². The molecule has 0 saturated heterocycles. The van der Waals surface area contributed by atoms with Crippen LogP contribution in [0.25, 0.3) is 0 Å². The monoisotopic (exact) mass is 340 g/mol. The molecule has 0 unspecified atom stereocenters. The Bertz CT molecular complexity index is 734. The smallest absolute Gasteiger partial charge is 0.244 e. The third-order valence-corrected chi connectivity index (χ3v) is 3.65. The maximum absolute atomic E-state index is 12.4. The van der Waals surface area contributed by atoms with Gasteiger partial charge in [0.15, 0.2) is 0 Å². The Morgan fingerprint density at radius 1 is 1.04 bits per heavy atom. The third kappa shape index (κ3) is 5.35. The first-order chi connectivity index (χ1) is 11.9. The van der Waals surface area contributed by atoms with Gasteiger partial charge < -0.3 is 15.0 Å². The number of hydrogen-bond donors (Lipinski definition) is 1. The van der Waals surface area contributed by atoms with Gasteiger partial charge in [-0.3, -0.25) is 9.59 Å². The lowest BCUT2D eigenvalue weighted by Crippen LogP contribution is -2.36. The number of anilines is 2. The molecule has 0 aliphatic carbocycles. The lowest BCUT2D eigenvalue weighted by molar-refractivity contribution is -0.120. The first-order valence-electron chi connectivity index (χ1n) is 8.28. The number of carbonyl (C=O) groups is 2. The van der Waals surface area contributed by atoms with Crippen LogP contribution >= 0.6 is 0 Å². The van der Waals surface area contributed by atoms with E-state index in [0.717, 1.165) is 22.6 Å². The van der Waals surface area contributed by atoms with Crippen molar-refractivity contribution >= 4 is 23.2 Å². The van der Waals surface area contributed by atoms with E-state index in [9.17, 15) is 9.59 Å². The molecular formula is C20H24N2O3. The molecule has 0 aliphatic heterocycles. The van der Waals surface area contributed by atoms with Crippen LogP contribution in [0.5, 0.6) is 5.75 Å². The fraction of sp³-hybridized carbons (Fsp3) is 0.300. The van der Waals surface area contributed by atoms with Crippen molar-refractivity contribution in [3.63, 3.8) is 0 Å². The summed E-state index contributed by atoms with van der Waals surface area (Å²) in [6.07, 6.45) is 0. The topological polar surface area (TPSA) is 58.6 Å². The molecule has 0 saturated carbocycles. The second-order valence-electron chi connectivity index (χ2n) is 5.96. The number of carbonyl (C=O) groups excluding carboxylic acids is 2. The van der Waals surface area contributed by atoms with E-state index in [4.69, 9.17) is 4.74 Å². The number of hydrogen-bond acceptors (Lipinski definition) is 3. The third-order valence-electron chi connectivity index (χ3n) is 3.65. The Morgan fingerprint density at radius 3 is 2.16 bits per heavy atom. The van der Waals surface area contributed by atoms with Gasteiger partial charge in [0.25, 0.3) is 0 Å². The van der Waals surface area contributed by atoms with Crippen LogP contribution in [0, 0.1) is 13.8 Å². The van der Waals surface area contributed by atoms with Crippen molar-refractivity contribution in [2.24, 2.45) is 0 Å². The fourth-order valence-electron chi connectivity index (χ4n) is 2.66. The van der Waals surface area contributed by atoms with Gasteiger partial charge in [-0.25, -0.2) is 0 Å². The molecular weight excluding hydrogens is 316 g/mol. The van der Waals surface area contributed by atoms with Crippen LogP contribution in [0.3, 0.4) is 0 Å². The zero-order chi connectivity index (χ0) is 18.4. The molecule has 2 amide bonds.